The number of halogens is 1. The summed E-state index contributed by atoms with van der Waals surface area (Å²) < 4.78 is 0.868. The molecule has 0 heterocycles. The van der Waals surface area contributed by atoms with E-state index in [0.29, 0.717) is 5.69 Å². The van der Waals surface area contributed by atoms with Crippen LogP contribution in [-0.4, -0.2) is 6.09 Å². The number of nitrogens with zero attached hydrogens (tertiary/aromatic N) is 1. The zero-order valence-corrected chi connectivity index (χ0v) is 7.11. The monoisotopic (exact) mass is 214 g/mol. The molecule has 0 fully saturated rings. The second-order valence-corrected chi connectivity index (χ2v) is 2.59. The third kappa shape index (κ3) is 1.94. The number of rotatable bonds is 1. The molecule has 1 amide bonds. The van der Waals surface area contributed by atoms with Gasteiger partial charge in [-0.1, -0.05) is 18.2 Å². The summed E-state index contributed by atoms with van der Waals surface area (Å²) in [5, 5.41) is 10.3. The predicted molar refractivity (Wildman–Crippen MR) is 43.9 cm³/mol. The Labute approximate surface area is 72.6 Å². The molecule has 1 aromatic carbocycles. The molecule has 0 atom stereocenters. The van der Waals surface area contributed by atoms with Crippen molar-refractivity contribution < 1.29 is 9.90 Å². The van der Waals surface area contributed by atoms with Gasteiger partial charge in [0.25, 0.3) is 0 Å². The summed E-state index contributed by atoms with van der Waals surface area (Å²) in [6.45, 7) is 0. The van der Waals surface area contributed by atoms with E-state index < -0.39 is 6.09 Å². The maximum atomic E-state index is 10.3. The van der Waals surface area contributed by atoms with Crippen LogP contribution >= 0.6 is 16.1 Å². The van der Waals surface area contributed by atoms with Gasteiger partial charge in [0.15, 0.2) is 0 Å². The summed E-state index contributed by atoms with van der Waals surface area (Å²) in [5.41, 5.74) is 0.535. The Kier molecular flexibility index (Phi) is 2.48. The fourth-order valence-electron chi connectivity index (χ4n) is 0.664. The molecule has 0 unspecified atom stereocenters. The molecule has 1 aromatic rings. The van der Waals surface area contributed by atoms with E-state index in [2.05, 4.69) is 16.1 Å². The molecule has 3 nitrogen and oxygen atoms in total. The number of para-hydroxylation sites is 1. The first-order chi connectivity index (χ1) is 5.22. The quantitative estimate of drug-likeness (QED) is 0.662. The largest absolute Gasteiger partial charge is 0.467 e. The number of anilines is 1. The Morgan fingerprint density at radius 2 is 1.82 bits per heavy atom. The van der Waals surface area contributed by atoms with E-state index in [1.165, 1.54) is 0 Å². The Hall–Kier alpha value is -1.03. The van der Waals surface area contributed by atoms with Gasteiger partial charge in [0.05, 0.1) is 21.8 Å². The van der Waals surface area contributed by atoms with Crippen molar-refractivity contribution in [2.45, 2.75) is 0 Å². The average molecular weight is 215 g/mol. The fraction of sp³-hybridized carbons (Fsp3) is 0. The van der Waals surface area contributed by atoms with E-state index in [1.807, 2.05) is 0 Å². The van der Waals surface area contributed by atoms with Crippen LogP contribution in [0.2, 0.25) is 0 Å². The summed E-state index contributed by atoms with van der Waals surface area (Å²) in [7, 11) is 0. The molecule has 4 heteroatoms. The number of hydrogen-bond donors (Lipinski definition) is 0. The van der Waals surface area contributed by atoms with Gasteiger partial charge in [0.2, 0.25) is 0 Å². The van der Waals surface area contributed by atoms with Gasteiger partial charge in [-0.2, -0.15) is 0 Å². The number of carbonyl (C=O) groups is 1. The summed E-state index contributed by atoms with van der Waals surface area (Å²) in [6.07, 6.45) is -1.28. The van der Waals surface area contributed by atoms with Gasteiger partial charge in [-0.05, 0) is 12.1 Å². The lowest BCUT2D eigenvalue weighted by Gasteiger charge is -2.06. The van der Waals surface area contributed by atoms with E-state index >= 15 is 0 Å². The number of benzene rings is 1. The van der Waals surface area contributed by atoms with Crippen LogP contribution in [0.1, 0.15) is 0 Å². The SMILES string of the molecule is [O]C(=O)N(Br)c1ccccc1. The maximum absolute atomic E-state index is 10.3. The number of hydrogen-bond acceptors (Lipinski definition) is 1. The van der Waals surface area contributed by atoms with Crippen LogP contribution in [0.15, 0.2) is 30.3 Å². The molecule has 0 saturated carbocycles. The predicted octanol–water partition coefficient (Wildman–Crippen LogP) is 2.35. The topological polar surface area (TPSA) is 40.2 Å². The van der Waals surface area contributed by atoms with Crippen LogP contribution in [-0.2, 0) is 5.11 Å². The van der Waals surface area contributed by atoms with Crippen LogP contribution in [0, 0.1) is 0 Å². The van der Waals surface area contributed by atoms with Crippen molar-refractivity contribution in [3.63, 3.8) is 0 Å². The third-order valence-electron chi connectivity index (χ3n) is 1.14. The molecule has 1 radical (unpaired) electrons. The second kappa shape index (κ2) is 3.39. The minimum Gasteiger partial charge on any atom is -0.219 e. The van der Waals surface area contributed by atoms with Gasteiger partial charge in [-0.15, -0.1) is 0 Å². The smallest absolute Gasteiger partial charge is 0.219 e. The lowest BCUT2D eigenvalue weighted by Crippen LogP contribution is -2.15. The number of amides is 1. The molecule has 0 spiro atoms. The van der Waals surface area contributed by atoms with Gasteiger partial charge in [-0.3, -0.25) is 0 Å². The van der Waals surface area contributed by atoms with Crippen LogP contribution < -0.4 is 3.93 Å². The molecular formula is C7H5BrNO2. The minimum absolute atomic E-state index is 0.535. The zero-order valence-electron chi connectivity index (χ0n) is 5.53. The Morgan fingerprint density at radius 3 is 2.27 bits per heavy atom. The average Bonchev–Trinajstić information content (AvgIpc) is 2.05. The van der Waals surface area contributed by atoms with Crippen LogP contribution in [0.25, 0.3) is 0 Å². The molecule has 0 bridgehead atoms. The van der Waals surface area contributed by atoms with Crippen LogP contribution in [0.3, 0.4) is 0 Å². The minimum atomic E-state index is -1.28. The molecular weight excluding hydrogens is 210 g/mol. The Balaban J connectivity index is 2.85. The highest BCUT2D eigenvalue weighted by Crippen LogP contribution is 2.16. The summed E-state index contributed by atoms with van der Waals surface area (Å²) in [4.78, 5) is 10.3. The van der Waals surface area contributed by atoms with Crippen molar-refractivity contribution in [3.8, 4) is 0 Å². The molecule has 0 saturated heterocycles. The first kappa shape index (κ1) is 8.07. The molecule has 57 valence electrons. The van der Waals surface area contributed by atoms with Crippen molar-refractivity contribution in [2.24, 2.45) is 0 Å². The third-order valence-corrected chi connectivity index (χ3v) is 1.84. The molecule has 0 aliphatic heterocycles. The first-order valence-corrected chi connectivity index (χ1v) is 3.64. The van der Waals surface area contributed by atoms with Gasteiger partial charge in [0.1, 0.15) is 0 Å². The standard InChI is InChI=1S/C7H5BrNO2/c8-9(7(10)11)6-4-2-1-3-5-6/h1-5H. The highest BCUT2D eigenvalue weighted by molar-refractivity contribution is 9.10. The van der Waals surface area contributed by atoms with Crippen molar-refractivity contribution in [3.05, 3.63) is 30.3 Å². The summed E-state index contributed by atoms with van der Waals surface area (Å²) in [5.74, 6) is 0. The highest BCUT2D eigenvalue weighted by Gasteiger charge is 2.10. The normalized spacial score (nSPS) is 9.18. The van der Waals surface area contributed by atoms with Crippen LogP contribution in [0.5, 0.6) is 0 Å². The van der Waals surface area contributed by atoms with Gasteiger partial charge in [0, 0.05) is 0 Å². The fourth-order valence-corrected chi connectivity index (χ4v) is 0.901. The molecule has 0 aliphatic carbocycles. The molecule has 0 aliphatic rings. The van der Waals surface area contributed by atoms with Crippen molar-refractivity contribution in [1.82, 2.24) is 0 Å². The van der Waals surface area contributed by atoms with E-state index in [0.717, 1.165) is 3.93 Å². The second-order valence-electron chi connectivity index (χ2n) is 1.88. The van der Waals surface area contributed by atoms with Crippen molar-refractivity contribution in [2.75, 3.05) is 3.93 Å². The Morgan fingerprint density at radius 1 is 1.27 bits per heavy atom. The van der Waals surface area contributed by atoms with E-state index in [9.17, 15) is 9.90 Å². The molecule has 0 N–H and O–H groups in total. The van der Waals surface area contributed by atoms with E-state index in [1.54, 1.807) is 30.3 Å². The van der Waals surface area contributed by atoms with Crippen molar-refractivity contribution >= 4 is 27.9 Å². The van der Waals surface area contributed by atoms with Gasteiger partial charge >= 0.3 is 6.09 Å². The van der Waals surface area contributed by atoms with Crippen LogP contribution in [0.4, 0.5) is 10.5 Å². The van der Waals surface area contributed by atoms with Gasteiger partial charge in [-0.25, -0.2) is 13.8 Å². The maximum Gasteiger partial charge on any atom is 0.467 e. The van der Waals surface area contributed by atoms with E-state index in [-0.39, 0.29) is 0 Å². The lowest BCUT2D eigenvalue weighted by molar-refractivity contribution is 0.182. The zero-order chi connectivity index (χ0) is 8.27. The Bertz CT molecular complexity index is 250. The highest BCUT2D eigenvalue weighted by atomic mass is 79.9. The molecule has 11 heavy (non-hydrogen) atoms. The summed E-state index contributed by atoms with van der Waals surface area (Å²) in [6, 6.07) is 8.60. The van der Waals surface area contributed by atoms with Gasteiger partial charge < -0.3 is 0 Å². The van der Waals surface area contributed by atoms with E-state index in [4.69, 9.17) is 0 Å². The molecule has 1 rings (SSSR count). The summed E-state index contributed by atoms with van der Waals surface area (Å²) >= 11 is 2.82. The number of carbonyl (C=O) groups excluding carboxylic acids is 1. The lowest BCUT2D eigenvalue weighted by atomic mass is 10.3. The molecule has 0 aromatic heterocycles. The first-order valence-electron chi connectivity index (χ1n) is 2.94. The van der Waals surface area contributed by atoms with Crippen molar-refractivity contribution in [1.29, 1.82) is 0 Å².